The lowest BCUT2D eigenvalue weighted by atomic mass is 10.0. The van der Waals surface area contributed by atoms with Crippen molar-refractivity contribution < 1.29 is 33.8 Å². The molecule has 0 unspecified atom stereocenters. The Kier molecular flexibility index (Phi) is 11.4. The van der Waals surface area contributed by atoms with Gasteiger partial charge in [0.05, 0.1) is 25.5 Å². The first kappa shape index (κ1) is 29.9. The minimum atomic E-state index is -1.33. The van der Waals surface area contributed by atoms with Crippen molar-refractivity contribution in [3.05, 3.63) is 53.6 Å². The van der Waals surface area contributed by atoms with Crippen LogP contribution in [-0.4, -0.2) is 61.6 Å². The molecule has 3 amide bonds. The molecule has 2 aromatic carbocycles. The van der Waals surface area contributed by atoms with Crippen LogP contribution in [0, 0.1) is 5.92 Å². The fraction of sp³-hybridized carbons (Fsp3) is 0.407. The first-order chi connectivity index (χ1) is 18.1. The van der Waals surface area contributed by atoms with E-state index in [2.05, 4.69) is 16.0 Å². The number of rotatable bonds is 15. The van der Waals surface area contributed by atoms with Gasteiger partial charge in [0.1, 0.15) is 12.1 Å². The number of benzene rings is 2. The Balaban J connectivity index is 2.26. The molecule has 11 nitrogen and oxygen atoms in total. The second kappa shape index (κ2) is 14.5. The topological polar surface area (TPSA) is 169 Å². The van der Waals surface area contributed by atoms with E-state index < -0.39 is 35.8 Å². The molecule has 0 aliphatic rings. The number of primary amides is 1. The Morgan fingerprint density at radius 1 is 0.974 bits per heavy atom. The SMILES string of the molecule is COc1cc(NCCc2ccccc2)c(C(=O)N[C@@H](C(=O)N[C@@H](CCC(N)=O)C(=O)O)C(C)C)cc1OC. The number of anilines is 1. The predicted molar refractivity (Wildman–Crippen MR) is 142 cm³/mol. The zero-order valence-electron chi connectivity index (χ0n) is 22.1. The van der Waals surface area contributed by atoms with Gasteiger partial charge in [0.2, 0.25) is 11.8 Å². The molecule has 0 bridgehead atoms. The minimum Gasteiger partial charge on any atom is -0.493 e. The highest BCUT2D eigenvalue weighted by Gasteiger charge is 2.30. The van der Waals surface area contributed by atoms with Crippen molar-refractivity contribution in [2.45, 2.75) is 45.2 Å². The summed E-state index contributed by atoms with van der Waals surface area (Å²) >= 11 is 0. The molecule has 0 saturated heterocycles. The number of carboxylic acid groups (broad SMARTS) is 1. The standard InChI is InChI=1S/C27H36N4O7/c1-16(2)24(26(34)30-19(27(35)36)10-11-23(28)32)31-25(33)18-14-21(37-3)22(38-4)15-20(18)29-13-12-17-8-6-5-7-9-17/h5-9,14-16,19,24,29H,10-13H2,1-4H3,(H2,28,32)(H,30,34)(H,31,33)(H,35,36)/t19-,24+/m0/s1. The molecule has 0 aliphatic heterocycles. The summed E-state index contributed by atoms with van der Waals surface area (Å²) in [5.41, 5.74) is 6.92. The average molecular weight is 529 g/mol. The smallest absolute Gasteiger partial charge is 0.326 e. The highest BCUT2D eigenvalue weighted by Crippen LogP contribution is 2.33. The van der Waals surface area contributed by atoms with E-state index in [9.17, 15) is 24.3 Å². The maximum absolute atomic E-state index is 13.4. The van der Waals surface area contributed by atoms with Crippen LogP contribution < -0.4 is 31.2 Å². The summed E-state index contributed by atoms with van der Waals surface area (Å²) in [5, 5.41) is 17.8. The molecule has 0 heterocycles. The van der Waals surface area contributed by atoms with Gasteiger partial charge >= 0.3 is 5.97 Å². The van der Waals surface area contributed by atoms with E-state index >= 15 is 0 Å². The maximum atomic E-state index is 13.4. The van der Waals surface area contributed by atoms with Crippen molar-refractivity contribution in [3.63, 3.8) is 0 Å². The van der Waals surface area contributed by atoms with Gasteiger partial charge in [-0.3, -0.25) is 14.4 Å². The molecular formula is C27H36N4O7. The quantitative estimate of drug-likeness (QED) is 0.234. The van der Waals surface area contributed by atoms with Crippen LogP contribution in [0.1, 0.15) is 42.6 Å². The molecule has 2 aromatic rings. The minimum absolute atomic E-state index is 0.166. The third kappa shape index (κ3) is 8.68. The zero-order valence-corrected chi connectivity index (χ0v) is 22.1. The van der Waals surface area contributed by atoms with Crippen LogP contribution in [0.25, 0.3) is 0 Å². The first-order valence-electron chi connectivity index (χ1n) is 12.2. The van der Waals surface area contributed by atoms with E-state index in [-0.39, 0.29) is 24.3 Å². The molecule has 6 N–H and O–H groups in total. The third-order valence-electron chi connectivity index (χ3n) is 5.87. The maximum Gasteiger partial charge on any atom is 0.326 e. The largest absolute Gasteiger partial charge is 0.493 e. The van der Waals surface area contributed by atoms with E-state index in [0.29, 0.717) is 30.2 Å². The Morgan fingerprint density at radius 3 is 2.16 bits per heavy atom. The molecule has 38 heavy (non-hydrogen) atoms. The highest BCUT2D eigenvalue weighted by atomic mass is 16.5. The summed E-state index contributed by atoms with van der Waals surface area (Å²) in [6.45, 7) is 3.96. The van der Waals surface area contributed by atoms with E-state index in [0.717, 1.165) is 5.56 Å². The fourth-order valence-electron chi connectivity index (χ4n) is 3.76. The van der Waals surface area contributed by atoms with Gasteiger partial charge in [0, 0.05) is 19.0 Å². The van der Waals surface area contributed by atoms with Crippen LogP contribution in [0.15, 0.2) is 42.5 Å². The lowest BCUT2D eigenvalue weighted by Gasteiger charge is -2.25. The highest BCUT2D eigenvalue weighted by molar-refractivity contribution is 6.03. The Labute approximate surface area is 222 Å². The summed E-state index contributed by atoms with van der Waals surface area (Å²) in [6, 6.07) is 10.6. The number of methoxy groups -OCH3 is 2. The van der Waals surface area contributed by atoms with E-state index in [4.69, 9.17) is 15.2 Å². The summed E-state index contributed by atoms with van der Waals surface area (Å²) < 4.78 is 10.8. The monoisotopic (exact) mass is 528 g/mol. The molecule has 0 aliphatic carbocycles. The number of carboxylic acids is 1. The van der Waals surface area contributed by atoms with Crippen LogP contribution in [-0.2, 0) is 20.8 Å². The van der Waals surface area contributed by atoms with Crippen LogP contribution in [0.2, 0.25) is 0 Å². The summed E-state index contributed by atoms with van der Waals surface area (Å²) in [5.74, 6) is -2.87. The number of carbonyl (C=O) groups is 4. The summed E-state index contributed by atoms with van der Waals surface area (Å²) in [7, 11) is 2.94. The number of nitrogens with one attached hydrogen (secondary N) is 3. The first-order valence-corrected chi connectivity index (χ1v) is 12.2. The summed E-state index contributed by atoms with van der Waals surface area (Å²) in [6.07, 6.45) is 0.328. The van der Waals surface area contributed by atoms with Crippen molar-refractivity contribution in [2.75, 3.05) is 26.1 Å². The second-order valence-electron chi connectivity index (χ2n) is 9.01. The van der Waals surface area contributed by atoms with Crippen LogP contribution in [0.5, 0.6) is 11.5 Å². The number of ether oxygens (including phenoxy) is 2. The molecule has 2 atom stereocenters. The predicted octanol–water partition coefficient (Wildman–Crippen LogP) is 1.95. The Hall–Kier alpha value is -4.28. The van der Waals surface area contributed by atoms with E-state index in [1.165, 1.54) is 20.3 Å². The van der Waals surface area contributed by atoms with Crippen LogP contribution in [0.4, 0.5) is 5.69 Å². The molecule has 0 spiro atoms. The number of carbonyl (C=O) groups excluding carboxylic acids is 3. The average Bonchev–Trinajstić information content (AvgIpc) is 2.89. The van der Waals surface area contributed by atoms with Crippen molar-refractivity contribution in [1.82, 2.24) is 10.6 Å². The fourth-order valence-corrected chi connectivity index (χ4v) is 3.76. The van der Waals surface area contributed by atoms with Gasteiger partial charge < -0.3 is 36.3 Å². The van der Waals surface area contributed by atoms with Gasteiger partial charge in [0.15, 0.2) is 11.5 Å². The Bertz CT molecular complexity index is 1120. The lowest BCUT2D eigenvalue weighted by molar-refractivity contribution is -0.142. The molecular weight excluding hydrogens is 492 g/mol. The third-order valence-corrected chi connectivity index (χ3v) is 5.87. The normalized spacial score (nSPS) is 12.2. The van der Waals surface area contributed by atoms with Crippen molar-refractivity contribution in [3.8, 4) is 11.5 Å². The van der Waals surface area contributed by atoms with Crippen LogP contribution >= 0.6 is 0 Å². The molecule has 0 saturated carbocycles. The molecule has 0 radical (unpaired) electrons. The van der Waals surface area contributed by atoms with Gasteiger partial charge in [0.25, 0.3) is 5.91 Å². The molecule has 11 heteroatoms. The summed E-state index contributed by atoms with van der Waals surface area (Å²) in [4.78, 5) is 49.0. The van der Waals surface area contributed by atoms with Gasteiger partial charge in [-0.05, 0) is 30.4 Å². The van der Waals surface area contributed by atoms with Crippen molar-refractivity contribution >= 4 is 29.4 Å². The van der Waals surface area contributed by atoms with Gasteiger partial charge in [-0.25, -0.2) is 4.79 Å². The second-order valence-corrected chi connectivity index (χ2v) is 9.01. The number of hydrogen-bond acceptors (Lipinski definition) is 7. The van der Waals surface area contributed by atoms with Gasteiger partial charge in [-0.2, -0.15) is 0 Å². The number of hydrogen-bond donors (Lipinski definition) is 5. The number of aliphatic carboxylic acids is 1. The number of nitrogens with two attached hydrogens (primary N) is 1. The van der Waals surface area contributed by atoms with Gasteiger partial charge in [-0.15, -0.1) is 0 Å². The van der Waals surface area contributed by atoms with Crippen molar-refractivity contribution in [1.29, 1.82) is 0 Å². The number of amides is 3. The van der Waals surface area contributed by atoms with E-state index in [1.807, 2.05) is 30.3 Å². The molecule has 0 aromatic heterocycles. The Morgan fingerprint density at radius 2 is 1.61 bits per heavy atom. The lowest BCUT2D eigenvalue weighted by Crippen LogP contribution is -2.53. The van der Waals surface area contributed by atoms with Gasteiger partial charge in [-0.1, -0.05) is 44.2 Å². The molecule has 2 rings (SSSR count). The molecule has 206 valence electrons. The molecule has 0 fully saturated rings. The van der Waals surface area contributed by atoms with Crippen molar-refractivity contribution in [2.24, 2.45) is 11.7 Å². The van der Waals surface area contributed by atoms with Crippen LogP contribution in [0.3, 0.4) is 0 Å². The zero-order chi connectivity index (χ0) is 28.2. The van der Waals surface area contributed by atoms with E-state index in [1.54, 1.807) is 19.9 Å².